The number of aliphatic hydroxyl groups excluding tert-OH is 2. The topological polar surface area (TPSA) is 77.8 Å². The number of aldehydes is 1. The van der Waals surface area contributed by atoms with Gasteiger partial charge in [-0.1, -0.05) is 25.5 Å². The third-order valence-corrected chi connectivity index (χ3v) is 8.76. The maximum atomic E-state index is 12.0. The average molecular weight is 334 g/mol. The molecule has 0 aliphatic heterocycles. The predicted molar refractivity (Wildman–Crippen MR) is 90.1 cm³/mol. The summed E-state index contributed by atoms with van der Waals surface area (Å²) in [5, 5.41) is 31.0. The van der Waals surface area contributed by atoms with Crippen molar-refractivity contribution in [3.8, 4) is 0 Å². The molecular formula is C20H30O4. The van der Waals surface area contributed by atoms with Crippen LogP contribution in [-0.4, -0.2) is 39.9 Å². The maximum Gasteiger partial charge on any atom is 0.128 e. The Balaban J connectivity index is 1.78. The molecular weight excluding hydrogens is 304 g/mol. The zero-order valence-electron chi connectivity index (χ0n) is 14.8. The van der Waals surface area contributed by atoms with Gasteiger partial charge in [0.1, 0.15) is 6.29 Å². The summed E-state index contributed by atoms with van der Waals surface area (Å²) in [5.41, 5.74) is -0.191. The number of fused-ring (bicyclic) bond motifs is 2. The fourth-order valence-corrected chi connectivity index (χ4v) is 7.10. The molecule has 0 unspecified atom stereocenters. The van der Waals surface area contributed by atoms with Gasteiger partial charge in [0.05, 0.1) is 23.7 Å². The summed E-state index contributed by atoms with van der Waals surface area (Å²) in [5.74, 6) is 0.207. The quantitative estimate of drug-likeness (QED) is 0.534. The summed E-state index contributed by atoms with van der Waals surface area (Å²) in [4.78, 5) is 12.0. The van der Waals surface area contributed by atoms with Crippen molar-refractivity contribution in [2.45, 2.75) is 70.5 Å². The second-order valence-corrected chi connectivity index (χ2v) is 9.39. The minimum Gasteiger partial charge on any atom is -0.393 e. The Morgan fingerprint density at radius 1 is 1.25 bits per heavy atom. The van der Waals surface area contributed by atoms with Gasteiger partial charge >= 0.3 is 0 Å². The van der Waals surface area contributed by atoms with Crippen molar-refractivity contribution in [1.82, 2.24) is 0 Å². The summed E-state index contributed by atoms with van der Waals surface area (Å²) in [6.45, 7) is 4.09. The van der Waals surface area contributed by atoms with E-state index in [1.807, 2.05) is 6.92 Å². The molecule has 3 N–H and O–H groups in total. The van der Waals surface area contributed by atoms with Gasteiger partial charge in [0.2, 0.25) is 0 Å². The fourth-order valence-electron chi connectivity index (χ4n) is 7.10. The molecule has 3 fully saturated rings. The summed E-state index contributed by atoms with van der Waals surface area (Å²) in [7, 11) is 0. The number of carbonyl (C=O) groups is 1. The third-order valence-electron chi connectivity index (χ3n) is 8.76. The molecule has 0 heterocycles. The lowest BCUT2D eigenvalue weighted by Gasteiger charge is -2.65. The van der Waals surface area contributed by atoms with E-state index in [0.717, 1.165) is 38.4 Å². The van der Waals surface area contributed by atoms with Gasteiger partial charge in [0.15, 0.2) is 0 Å². The highest BCUT2D eigenvalue weighted by Gasteiger charge is 2.68. The highest BCUT2D eigenvalue weighted by atomic mass is 16.3. The monoisotopic (exact) mass is 334 g/mol. The van der Waals surface area contributed by atoms with Crippen molar-refractivity contribution in [3.63, 3.8) is 0 Å². The molecule has 4 aliphatic carbocycles. The SMILES string of the molecule is C[C@@]1(C=O)[C@@H](O)CC[C@@]2(C)[C@H]1CCC1=C[C@@H]3C[C@@]12CC[C@]3(O)CO. The van der Waals surface area contributed by atoms with Gasteiger partial charge in [-0.05, 0) is 61.7 Å². The van der Waals surface area contributed by atoms with Crippen molar-refractivity contribution < 1.29 is 20.1 Å². The number of hydrogen-bond acceptors (Lipinski definition) is 4. The van der Waals surface area contributed by atoms with Crippen LogP contribution in [-0.2, 0) is 4.79 Å². The molecule has 2 bridgehead atoms. The molecule has 1 spiro atoms. The minimum absolute atomic E-state index is 0.0164. The van der Waals surface area contributed by atoms with E-state index in [4.69, 9.17) is 0 Å². The summed E-state index contributed by atoms with van der Waals surface area (Å²) in [6.07, 6.45) is 8.58. The molecule has 0 aromatic carbocycles. The van der Waals surface area contributed by atoms with Gasteiger partial charge in [-0.2, -0.15) is 0 Å². The molecule has 4 aliphatic rings. The lowest BCUT2D eigenvalue weighted by atomic mass is 9.39. The van der Waals surface area contributed by atoms with E-state index in [2.05, 4.69) is 13.0 Å². The van der Waals surface area contributed by atoms with Gasteiger partial charge < -0.3 is 20.1 Å². The lowest BCUT2D eigenvalue weighted by Crippen LogP contribution is -2.62. The smallest absolute Gasteiger partial charge is 0.128 e. The number of carbonyl (C=O) groups excluding carboxylic acids is 1. The Bertz CT molecular complexity index is 600. The van der Waals surface area contributed by atoms with Crippen LogP contribution in [0.15, 0.2) is 11.6 Å². The van der Waals surface area contributed by atoms with E-state index in [1.54, 1.807) is 0 Å². The number of allylic oxidation sites excluding steroid dienone is 1. The van der Waals surface area contributed by atoms with E-state index in [1.165, 1.54) is 5.57 Å². The highest BCUT2D eigenvalue weighted by Crippen LogP contribution is 2.73. The van der Waals surface area contributed by atoms with Crippen molar-refractivity contribution in [1.29, 1.82) is 0 Å². The Labute approximate surface area is 144 Å². The molecule has 3 saturated carbocycles. The summed E-state index contributed by atoms with van der Waals surface area (Å²) in [6, 6.07) is 0. The standard InChI is InChI=1S/C20H30O4/c1-17(11-21)15-4-3-13-9-14-10-19(13,7-8-20(14,24)12-22)18(15,2)6-5-16(17)23/h9,11,14-16,22-24H,3-8,10,12H2,1-2H3/t14-,15+,16+,17+,18+,19+,20+/m1/s1. The largest absolute Gasteiger partial charge is 0.393 e. The van der Waals surface area contributed by atoms with E-state index in [-0.39, 0.29) is 29.3 Å². The first-order chi connectivity index (χ1) is 11.3. The molecule has 0 aromatic heterocycles. The molecule has 24 heavy (non-hydrogen) atoms. The molecule has 7 atom stereocenters. The van der Waals surface area contributed by atoms with Gasteiger partial charge in [0, 0.05) is 5.92 Å². The van der Waals surface area contributed by atoms with Crippen LogP contribution in [0.1, 0.15) is 58.8 Å². The van der Waals surface area contributed by atoms with Gasteiger partial charge in [0.25, 0.3) is 0 Å². The predicted octanol–water partition coefficient (Wildman–Crippen LogP) is 2.21. The van der Waals surface area contributed by atoms with Crippen LogP contribution in [0.2, 0.25) is 0 Å². The molecule has 0 amide bonds. The van der Waals surface area contributed by atoms with Crippen molar-refractivity contribution in [3.05, 3.63) is 11.6 Å². The number of hydrogen-bond donors (Lipinski definition) is 3. The normalized spacial score (nSPS) is 56.2. The van der Waals surface area contributed by atoms with Crippen LogP contribution >= 0.6 is 0 Å². The Morgan fingerprint density at radius 2 is 2.00 bits per heavy atom. The Hall–Kier alpha value is -0.710. The molecule has 4 nitrogen and oxygen atoms in total. The van der Waals surface area contributed by atoms with E-state index < -0.39 is 17.1 Å². The van der Waals surface area contributed by atoms with Crippen molar-refractivity contribution >= 4 is 6.29 Å². The molecule has 0 aromatic rings. The average Bonchev–Trinajstić information content (AvgIpc) is 2.93. The lowest BCUT2D eigenvalue weighted by molar-refractivity contribution is -0.183. The van der Waals surface area contributed by atoms with Crippen LogP contribution < -0.4 is 0 Å². The van der Waals surface area contributed by atoms with Crippen LogP contribution in [0, 0.1) is 28.1 Å². The first-order valence-electron chi connectivity index (χ1n) is 9.45. The molecule has 4 rings (SSSR count). The Kier molecular flexibility index (Phi) is 3.44. The van der Waals surface area contributed by atoms with Crippen molar-refractivity contribution in [2.75, 3.05) is 6.61 Å². The van der Waals surface area contributed by atoms with Gasteiger partial charge in [-0.3, -0.25) is 0 Å². The van der Waals surface area contributed by atoms with Gasteiger partial charge in [-0.25, -0.2) is 0 Å². The highest BCUT2D eigenvalue weighted by molar-refractivity contribution is 5.62. The summed E-state index contributed by atoms with van der Waals surface area (Å²) < 4.78 is 0. The van der Waals surface area contributed by atoms with Crippen molar-refractivity contribution in [2.24, 2.45) is 28.1 Å². The molecule has 4 heteroatoms. The van der Waals surface area contributed by atoms with E-state index >= 15 is 0 Å². The number of rotatable bonds is 2. The first-order valence-corrected chi connectivity index (χ1v) is 9.45. The molecule has 134 valence electrons. The van der Waals surface area contributed by atoms with Crippen LogP contribution in [0.25, 0.3) is 0 Å². The van der Waals surface area contributed by atoms with Crippen LogP contribution in [0.3, 0.4) is 0 Å². The second kappa shape index (κ2) is 4.93. The molecule has 0 saturated heterocycles. The second-order valence-electron chi connectivity index (χ2n) is 9.39. The van der Waals surface area contributed by atoms with Gasteiger partial charge in [-0.15, -0.1) is 0 Å². The van der Waals surface area contributed by atoms with Crippen LogP contribution in [0.4, 0.5) is 0 Å². The zero-order valence-corrected chi connectivity index (χ0v) is 14.8. The zero-order chi connectivity index (χ0) is 17.4. The van der Waals surface area contributed by atoms with Crippen LogP contribution in [0.5, 0.6) is 0 Å². The fraction of sp³-hybridized carbons (Fsp3) is 0.850. The summed E-state index contributed by atoms with van der Waals surface area (Å²) >= 11 is 0. The Morgan fingerprint density at radius 3 is 2.67 bits per heavy atom. The molecule has 0 radical (unpaired) electrons. The van der Waals surface area contributed by atoms with E-state index in [9.17, 15) is 20.1 Å². The minimum atomic E-state index is -0.983. The van der Waals surface area contributed by atoms with E-state index in [0.29, 0.717) is 12.8 Å². The maximum absolute atomic E-state index is 12.0. The third kappa shape index (κ3) is 1.72. The first kappa shape index (κ1) is 16.7. The number of aliphatic hydroxyl groups is 3.